The van der Waals surface area contributed by atoms with Crippen molar-refractivity contribution in [3.8, 4) is 0 Å². The molecule has 1 aromatic heterocycles. The minimum atomic E-state index is -1.19. The molecule has 0 saturated carbocycles. The molecule has 3 rings (SSSR count). The number of fused-ring (bicyclic) bond motifs is 1. The summed E-state index contributed by atoms with van der Waals surface area (Å²) in [7, 11) is -1.19. The summed E-state index contributed by atoms with van der Waals surface area (Å²) in [6.07, 6.45) is 1.46. The average molecular weight is 359 g/mol. The van der Waals surface area contributed by atoms with E-state index in [0.29, 0.717) is 12.2 Å². The van der Waals surface area contributed by atoms with Crippen LogP contribution in [0.2, 0.25) is 0 Å². The van der Waals surface area contributed by atoms with Crippen molar-refractivity contribution in [3.63, 3.8) is 0 Å². The third kappa shape index (κ3) is 3.22. The fourth-order valence-electron chi connectivity index (χ4n) is 2.70. The smallest absolute Gasteiger partial charge is 0.261 e. The van der Waals surface area contributed by atoms with Gasteiger partial charge in [0, 0.05) is 24.0 Å². The molecule has 1 aliphatic rings. The van der Waals surface area contributed by atoms with E-state index in [1.807, 2.05) is 31.1 Å². The number of amidine groups is 1. The Kier molecular flexibility index (Phi) is 4.26. The van der Waals surface area contributed by atoms with Gasteiger partial charge in [0.15, 0.2) is 0 Å². The van der Waals surface area contributed by atoms with Crippen LogP contribution in [0.25, 0.3) is 0 Å². The molecule has 1 atom stereocenters. The quantitative estimate of drug-likeness (QED) is 0.558. The zero-order chi connectivity index (χ0) is 18.4. The molecule has 0 amide bonds. The van der Waals surface area contributed by atoms with Gasteiger partial charge < -0.3 is 16.5 Å². The average Bonchev–Trinajstić information content (AvgIpc) is 2.84. The lowest BCUT2D eigenvalue weighted by molar-refractivity contribution is 0.264. The highest BCUT2D eigenvalue weighted by Gasteiger charge is 2.34. The first-order chi connectivity index (χ1) is 11.7. The van der Waals surface area contributed by atoms with E-state index in [0.717, 1.165) is 10.5 Å². The fraction of sp³-hybridized carbons (Fsp3) is 0.294. The number of hydrogen-bond donors (Lipinski definition) is 3. The van der Waals surface area contributed by atoms with Crippen molar-refractivity contribution in [1.82, 2.24) is 9.29 Å². The lowest BCUT2D eigenvalue weighted by Crippen LogP contribution is -2.38. The predicted molar refractivity (Wildman–Crippen MR) is 100 cm³/mol. The first kappa shape index (κ1) is 17.4. The molecule has 2 heterocycles. The number of nitrogens with zero attached hydrogens (tertiary/aromatic N) is 2. The third-order valence-electron chi connectivity index (χ3n) is 3.99. The van der Waals surface area contributed by atoms with E-state index >= 15 is 0 Å². The van der Waals surface area contributed by atoms with Gasteiger partial charge in [0.05, 0.1) is 10.6 Å². The molecule has 0 bridgehead atoms. The van der Waals surface area contributed by atoms with Crippen LogP contribution in [0.1, 0.15) is 31.9 Å². The van der Waals surface area contributed by atoms with Crippen LogP contribution in [-0.4, -0.2) is 24.9 Å². The Hall–Kier alpha value is -2.45. The zero-order valence-corrected chi connectivity index (χ0v) is 15.2. The van der Waals surface area contributed by atoms with Crippen molar-refractivity contribution in [2.45, 2.75) is 37.8 Å². The Morgan fingerprint density at radius 3 is 2.68 bits per heavy atom. The number of aliphatic imine (C=N–C) groups is 1. The van der Waals surface area contributed by atoms with Crippen molar-refractivity contribution >= 4 is 28.2 Å². The molecule has 0 spiro atoms. The van der Waals surface area contributed by atoms with E-state index in [9.17, 15) is 9.00 Å². The van der Waals surface area contributed by atoms with E-state index < -0.39 is 11.0 Å². The number of nitrogens with two attached hydrogens (primary N) is 2. The Balaban J connectivity index is 1.98. The van der Waals surface area contributed by atoms with Crippen LogP contribution in [0.5, 0.6) is 0 Å². The van der Waals surface area contributed by atoms with Crippen LogP contribution in [0.15, 0.2) is 45.1 Å². The molecule has 0 radical (unpaired) electrons. The van der Waals surface area contributed by atoms with Crippen LogP contribution >= 0.6 is 0 Å². The molecule has 1 unspecified atom stereocenters. The lowest BCUT2D eigenvalue weighted by Gasteiger charge is -2.29. The number of pyridine rings is 1. The second kappa shape index (κ2) is 6.12. The molecule has 0 aliphatic carbocycles. The minimum Gasteiger partial charge on any atom is -0.398 e. The van der Waals surface area contributed by atoms with Crippen molar-refractivity contribution in [2.75, 3.05) is 5.73 Å². The van der Waals surface area contributed by atoms with Crippen molar-refractivity contribution in [2.24, 2.45) is 10.7 Å². The number of aromatic nitrogens is 1. The minimum absolute atomic E-state index is 0.0473. The Bertz CT molecular complexity index is 943. The standard InChI is InChI=1S/C17H21N5O2S/c1-17(2,3)22-9-10-8-11(4-5-13(10)25(22)24)21-15(19)14-12(18)6-7-20-16(14)23/h4-8H,9H2,1-3H3,(H2,19,21)(H3,18,20,23). The Labute approximate surface area is 148 Å². The molecule has 2 aromatic rings. The fourth-order valence-corrected chi connectivity index (χ4v) is 4.22. The van der Waals surface area contributed by atoms with Gasteiger partial charge in [0.2, 0.25) is 0 Å². The van der Waals surface area contributed by atoms with Gasteiger partial charge in [-0.2, -0.15) is 0 Å². The van der Waals surface area contributed by atoms with E-state index in [-0.39, 0.29) is 28.2 Å². The molecule has 132 valence electrons. The molecule has 7 nitrogen and oxygen atoms in total. The van der Waals surface area contributed by atoms with E-state index in [1.54, 1.807) is 18.2 Å². The molecule has 0 saturated heterocycles. The summed E-state index contributed by atoms with van der Waals surface area (Å²) in [5, 5.41) is 0. The summed E-state index contributed by atoms with van der Waals surface area (Å²) in [6, 6.07) is 6.94. The summed E-state index contributed by atoms with van der Waals surface area (Å²) in [4.78, 5) is 19.5. The zero-order valence-electron chi connectivity index (χ0n) is 14.4. The van der Waals surface area contributed by atoms with Gasteiger partial charge in [-0.05, 0) is 50.6 Å². The highest BCUT2D eigenvalue weighted by molar-refractivity contribution is 7.83. The van der Waals surface area contributed by atoms with Gasteiger partial charge in [0.25, 0.3) is 5.56 Å². The molecule has 1 aliphatic heterocycles. The molecule has 8 heteroatoms. The molecule has 5 N–H and O–H groups in total. The van der Waals surface area contributed by atoms with Crippen LogP contribution in [0.3, 0.4) is 0 Å². The largest absolute Gasteiger partial charge is 0.398 e. The first-order valence-electron chi connectivity index (χ1n) is 7.82. The Morgan fingerprint density at radius 1 is 1.32 bits per heavy atom. The predicted octanol–water partition coefficient (Wildman–Crippen LogP) is 1.63. The summed E-state index contributed by atoms with van der Waals surface area (Å²) >= 11 is 0. The van der Waals surface area contributed by atoms with Gasteiger partial charge in [0.1, 0.15) is 22.4 Å². The van der Waals surface area contributed by atoms with Crippen molar-refractivity contribution < 1.29 is 4.21 Å². The number of nitrogen functional groups attached to an aromatic ring is 1. The highest BCUT2D eigenvalue weighted by atomic mass is 32.2. The molecule has 25 heavy (non-hydrogen) atoms. The number of hydrogen-bond acceptors (Lipinski definition) is 4. The first-order valence-corrected chi connectivity index (χ1v) is 8.93. The maximum absolute atomic E-state index is 12.6. The number of aromatic amines is 1. The number of rotatable bonds is 2. The van der Waals surface area contributed by atoms with Crippen molar-refractivity contribution in [1.29, 1.82) is 0 Å². The normalized spacial score (nSPS) is 18.4. The van der Waals surface area contributed by atoms with Crippen LogP contribution < -0.4 is 17.0 Å². The van der Waals surface area contributed by atoms with Gasteiger partial charge in [-0.25, -0.2) is 13.5 Å². The summed E-state index contributed by atoms with van der Waals surface area (Å²) in [6.45, 7) is 6.65. The van der Waals surface area contributed by atoms with Crippen LogP contribution in [0, 0.1) is 0 Å². The van der Waals surface area contributed by atoms with Gasteiger partial charge in [-0.3, -0.25) is 4.79 Å². The molecular weight excluding hydrogens is 338 g/mol. The third-order valence-corrected chi connectivity index (χ3v) is 5.84. The highest BCUT2D eigenvalue weighted by Crippen LogP contribution is 2.34. The summed E-state index contributed by atoms with van der Waals surface area (Å²) in [5.74, 6) is 0.0473. The monoisotopic (exact) mass is 359 g/mol. The molecule has 1 aromatic carbocycles. The van der Waals surface area contributed by atoms with E-state index in [1.165, 1.54) is 6.20 Å². The summed E-state index contributed by atoms with van der Waals surface area (Å²) < 4.78 is 14.5. The van der Waals surface area contributed by atoms with Crippen molar-refractivity contribution in [3.05, 3.63) is 51.9 Å². The lowest BCUT2D eigenvalue weighted by atomic mass is 10.1. The second-order valence-electron chi connectivity index (χ2n) is 6.88. The van der Waals surface area contributed by atoms with Gasteiger partial charge in [-0.1, -0.05) is 0 Å². The van der Waals surface area contributed by atoms with Gasteiger partial charge in [-0.15, -0.1) is 0 Å². The van der Waals surface area contributed by atoms with Crippen LogP contribution in [-0.2, 0) is 17.5 Å². The SMILES string of the molecule is CC(C)(C)N1Cc2cc(N=C(N)c3c(N)cc[nH]c3=O)ccc2S1=O. The van der Waals surface area contributed by atoms with Gasteiger partial charge >= 0.3 is 0 Å². The maximum atomic E-state index is 12.6. The summed E-state index contributed by atoms with van der Waals surface area (Å²) in [5.41, 5.74) is 13.2. The molecular formula is C17H21N5O2S. The molecule has 0 fully saturated rings. The number of anilines is 1. The second-order valence-corrected chi connectivity index (χ2v) is 8.26. The van der Waals surface area contributed by atoms with E-state index in [4.69, 9.17) is 11.5 Å². The van der Waals surface area contributed by atoms with Crippen LogP contribution in [0.4, 0.5) is 11.4 Å². The van der Waals surface area contributed by atoms with E-state index in [2.05, 4.69) is 9.98 Å². The number of benzene rings is 1. The number of H-pyrrole nitrogens is 1. The Morgan fingerprint density at radius 2 is 2.04 bits per heavy atom. The number of nitrogens with one attached hydrogen (secondary N) is 1. The topological polar surface area (TPSA) is 118 Å². The maximum Gasteiger partial charge on any atom is 0.261 e.